The number of aryl methyl sites for hydroxylation is 2. The monoisotopic (exact) mass is 448 g/mol. The first-order chi connectivity index (χ1) is 15.5. The van der Waals surface area contributed by atoms with E-state index in [4.69, 9.17) is 4.74 Å². The van der Waals surface area contributed by atoms with Crippen LogP contribution in [0.2, 0.25) is 0 Å². The van der Waals surface area contributed by atoms with Crippen molar-refractivity contribution < 1.29 is 9.53 Å². The van der Waals surface area contributed by atoms with Gasteiger partial charge < -0.3 is 10.1 Å². The molecule has 0 bridgehead atoms. The van der Waals surface area contributed by atoms with Gasteiger partial charge in [0.25, 0.3) is 11.5 Å². The third-order valence-corrected chi connectivity index (χ3v) is 6.13. The van der Waals surface area contributed by atoms with E-state index in [0.717, 1.165) is 26.4 Å². The number of nitrogens with one attached hydrogen (secondary N) is 1. The fraction of sp³-hybridized carbons (Fsp3) is 0.250. The maximum absolute atomic E-state index is 13.1. The van der Waals surface area contributed by atoms with Gasteiger partial charge in [-0.2, -0.15) is 5.10 Å². The number of hydrogen-bond acceptors (Lipinski definition) is 6. The van der Waals surface area contributed by atoms with Crippen molar-refractivity contribution in [3.63, 3.8) is 0 Å². The second kappa shape index (κ2) is 9.32. The average Bonchev–Trinajstić information content (AvgIpc) is 3.12. The zero-order chi connectivity index (χ0) is 22.7. The van der Waals surface area contributed by atoms with Crippen LogP contribution in [0.3, 0.4) is 0 Å². The number of thiazole rings is 1. The van der Waals surface area contributed by atoms with E-state index in [2.05, 4.69) is 15.4 Å². The predicted molar refractivity (Wildman–Crippen MR) is 127 cm³/mol. The lowest BCUT2D eigenvalue weighted by atomic mass is 10.0. The van der Waals surface area contributed by atoms with E-state index in [1.807, 2.05) is 57.2 Å². The Bertz CT molecular complexity index is 1340. The summed E-state index contributed by atoms with van der Waals surface area (Å²) in [6.45, 7) is 6.72. The highest BCUT2D eigenvalue weighted by Gasteiger charge is 2.17. The van der Waals surface area contributed by atoms with Gasteiger partial charge in [0.05, 0.1) is 34.3 Å². The number of ether oxygens (including phenoxy) is 1. The Kier molecular flexibility index (Phi) is 6.32. The average molecular weight is 449 g/mol. The fourth-order valence-electron chi connectivity index (χ4n) is 3.62. The minimum Gasteiger partial charge on any atom is -0.493 e. The molecule has 0 unspecified atom stereocenters. The molecule has 164 valence electrons. The lowest BCUT2D eigenvalue weighted by Crippen LogP contribution is -2.32. The summed E-state index contributed by atoms with van der Waals surface area (Å²) in [5, 5.41) is 10.1. The Morgan fingerprint density at radius 3 is 2.69 bits per heavy atom. The predicted octanol–water partition coefficient (Wildman–Crippen LogP) is 3.97. The van der Waals surface area contributed by atoms with Crippen molar-refractivity contribution in [2.24, 2.45) is 0 Å². The molecule has 1 amide bonds. The summed E-state index contributed by atoms with van der Waals surface area (Å²) in [5.41, 5.74) is 1.86. The lowest BCUT2D eigenvalue weighted by Gasteiger charge is -2.14. The van der Waals surface area contributed by atoms with Crippen LogP contribution in [0.4, 0.5) is 0 Å². The molecular formula is C24H24N4O3S. The largest absolute Gasteiger partial charge is 0.493 e. The third-order valence-electron chi connectivity index (χ3n) is 5.03. The first-order valence-electron chi connectivity index (χ1n) is 10.4. The Hall–Kier alpha value is -3.52. The highest BCUT2D eigenvalue weighted by atomic mass is 32.1. The number of hydrogen-bond donors (Lipinski definition) is 1. The Balaban J connectivity index is 1.54. The second-order valence-electron chi connectivity index (χ2n) is 7.28. The van der Waals surface area contributed by atoms with Crippen molar-refractivity contribution in [1.82, 2.24) is 20.1 Å². The zero-order valence-corrected chi connectivity index (χ0v) is 19.0. The third kappa shape index (κ3) is 4.40. The Morgan fingerprint density at radius 2 is 1.94 bits per heavy atom. The first-order valence-corrected chi connectivity index (χ1v) is 11.2. The summed E-state index contributed by atoms with van der Waals surface area (Å²) in [4.78, 5) is 30.7. The van der Waals surface area contributed by atoms with E-state index < -0.39 is 0 Å². The fourth-order valence-corrected chi connectivity index (χ4v) is 4.51. The topological polar surface area (TPSA) is 86.1 Å². The molecule has 7 nitrogen and oxygen atoms in total. The molecule has 0 saturated heterocycles. The Labute approximate surface area is 189 Å². The van der Waals surface area contributed by atoms with E-state index in [-0.39, 0.29) is 24.6 Å². The van der Waals surface area contributed by atoms with Crippen molar-refractivity contribution in [2.75, 3.05) is 13.2 Å². The number of amides is 1. The van der Waals surface area contributed by atoms with Gasteiger partial charge in [0, 0.05) is 12.6 Å². The second-order valence-corrected chi connectivity index (χ2v) is 8.48. The quantitative estimate of drug-likeness (QED) is 0.462. The minimum atomic E-state index is -0.247. The molecular weight excluding hydrogens is 424 g/mol. The SMILES string of the molecule is CCOc1ccc2ccccc2c1C(=O)NCCn1nc(-c2sc(C)nc2C)ccc1=O. The molecule has 0 spiro atoms. The summed E-state index contributed by atoms with van der Waals surface area (Å²) < 4.78 is 7.07. The lowest BCUT2D eigenvalue weighted by molar-refractivity contribution is 0.0950. The van der Waals surface area contributed by atoms with Crippen LogP contribution in [0.25, 0.3) is 21.3 Å². The number of carbonyl (C=O) groups is 1. The number of rotatable bonds is 7. The van der Waals surface area contributed by atoms with Crippen LogP contribution < -0.4 is 15.6 Å². The van der Waals surface area contributed by atoms with E-state index in [0.29, 0.717) is 23.6 Å². The van der Waals surface area contributed by atoms with Crippen LogP contribution in [-0.2, 0) is 6.54 Å². The van der Waals surface area contributed by atoms with Gasteiger partial charge in [-0.05, 0) is 43.7 Å². The van der Waals surface area contributed by atoms with Gasteiger partial charge in [-0.25, -0.2) is 9.67 Å². The first kappa shape index (κ1) is 21.7. The molecule has 0 atom stereocenters. The number of nitrogens with zero attached hydrogens (tertiary/aromatic N) is 3. The number of carbonyl (C=O) groups excluding carboxylic acids is 1. The van der Waals surface area contributed by atoms with Crippen LogP contribution in [0.15, 0.2) is 53.3 Å². The summed E-state index contributed by atoms with van der Waals surface area (Å²) >= 11 is 1.54. The molecule has 2 heterocycles. The van der Waals surface area contributed by atoms with E-state index in [9.17, 15) is 9.59 Å². The van der Waals surface area contributed by atoms with Crippen molar-refractivity contribution in [2.45, 2.75) is 27.3 Å². The van der Waals surface area contributed by atoms with Gasteiger partial charge in [0.1, 0.15) is 11.4 Å². The van der Waals surface area contributed by atoms with Crippen LogP contribution in [0, 0.1) is 13.8 Å². The molecule has 0 aliphatic rings. The molecule has 0 saturated carbocycles. The van der Waals surface area contributed by atoms with Gasteiger partial charge in [-0.3, -0.25) is 9.59 Å². The van der Waals surface area contributed by atoms with Crippen molar-refractivity contribution >= 4 is 28.0 Å². The molecule has 2 aromatic heterocycles. The van der Waals surface area contributed by atoms with Gasteiger partial charge in [0.2, 0.25) is 0 Å². The number of benzene rings is 2. The van der Waals surface area contributed by atoms with Crippen LogP contribution in [0.5, 0.6) is 5.75 Å². The summed E-state index contributed by atoms with van der Waals surface area (Å²) in [7, 11) is 0. The van der Waals surface area contributed by atoms with Gasteiger partial charge >= 0.3 is 0 Å². The molecule has 32 heavy (non-hydrogen) atoms. The van der Waals surface area contributed by atoms with Crippen LogP contribution in [0.1, 0.15) is 28.0 Å². The highest BCUT2D eigenvalue weighted by Crippen LogP contribution is 2.28. The maximum Gasteiger partial charge on any atom is 0.266 e. The highest BCUT2D eigenvalue weighted by molar-refractivity contribution is 7.15. The number of fused-ring (bicyclic) bond motifs is 1. The van der Waals surface area contributed by atoms with Gasteiger partial charge in [-0.15, -0.1) is 11.3 Å². The minimum absolute atomic E-state index is 0.220. The zero-order valence-electron chi connectivity index (χ0n) is 18.2. The van der Waals surface area contributed by atoms with Crippen molar-refractivity contribution in [3.05, 3.63) is 75.1 Å². The molecule has 4 aromatic rings. The molecule has 0 radical (unpaired) electrons. The normalized spacial score (nSPS) is 11.0. The molecule has 0 aliphatic heterocycles. The molecule has 0 aliphatic carbocycles. The van der Waals surface area contributed by atoms with E-state index >= 15 is 0 Å². The molecule has 2 aromatic carbocycles. The number of aromatic nitrogens is 3. The molecule has 8 heteroatoms. The molecule has 0 fully saturated rings. The van der Waals surface area contributed by atoms with Crippen LogP contribution in [-0.4, -0.2) is 33.8 Å². The maximum atomic E-state index is 13.1. The van der Waals surface area contributed by atoms with E-state index in [1.165, 1.54) is 10.7 Å². The Morgan fingerprint density at radius 1 is 1.12 bits per heavy atom. The molecule has 1 N–H and O–H groups in total. The van der Waals surface area contributed by atoms with Crippen LogP contribution >= 0.6 is 11.3 Å². The standard InChI is InChI=1S/C24H24N4O3S/c1-4-31-20-11-9-17-7-5-6-8-18(17)22(20)24(30)25-13-14-28-21(29)12-10-19(27-28)23-15(2)26-16(3)32-23/h5-12H,4,13-14H2,1-3H3,(H,25,30). The summed E-state index contributed by atoms with van der Waals surface area (Å²) in [5.74, 6) is 0.292. The summed E-state index contributed by atoms with van der Waals surface area (Å²) in [6.07, 6.45) is 0. The van der Waals surface area contributed by atoms with Gasteiger partial charge in [0.15, 0.2) is 0 Å². The van der Waals surface area contributed by atoms with E-state index in [1.54, 1.807) is 17.4 Å². The summed E-state index contributed by atoms with van der Waals surface area (Å²) in [6, 6.07) is 14.7. The van der Waals surface area contributed by atoms with Gasteiger partial charge in [-0.1, -0.05) is 30.3 Å². The molecule has 4 rings (SSSR count). The van der Waals surface area contributed by atoms with Crippen molar-refractivity contribution in [3.8, 4) is 16.3 Å². The van der Waals surface area contributed by atoms with Crippen molar-refractivity contribution in [1.29, 1.82) is 0 Å². The smallest absolute Gasteiger partial charge is 0.266 e.